The molecule has 0 amide bonds. The van der Waals surface area contributed by atoms with Crippen molar-refractivity contribution in [2.24, 2.45) is 0 Å². The lowest BCUT2D eigenvalue weighted by molar-refractivity contribution is -0.870. The van der Waals surface area contributed by atoms with Crippen molar-refractivity contribution in [2.45, 2.75) is 245 Å². The first-order chi connectivity index (χ1) is 40.6. The van der Waals surface area contributed by atoms with Gasteiger partial charge in [0.25, 0.3) is 0 Å². The average molecular weight is 1150 g/mol. The predicted octanol–water partition coefficient (Wildman–Crippen LogP) is 18.8. The van der Waals surface area contributed by atoms with Crippen LogP contribution in [0.3, 0.4) is 0 Å². The van der Waals surface area contributed by atoms with E-state index in [9.17, 15) is 19.5 Å². The summed E-state index contributed by atoms with van der Waals surface area (Å²) in [6.07, 6.45) is 90.3. The number of nitrogens with zero attached hydrogens (tertiary/aromatic N) is 1. The molecule has 83 heavy (non-hydrogen) atoms. The molecule has 0 aromatic carbocycles. The van der Waals surface area contributed by atoms with Crippen LogP contribution >= 0.6 is 0 Å². The third-order valence-corrected chi connectivity index (χ3v) is 13.3. The Kier molecular flexibility index (Phi) is 59.1. The maximum atomic E-state index is 12.9. The fraction of sp³-hybridized carbons (Fsp3) is 0.608. The van der Waals surface area contributed by atoms with E-state index in [1.165, 1.54) is 77.0 Å². The van der Waals surface area contributed by atoms with E-state index in [1.54, 1.807) is 0 Å². The van der Waals surface area contributed by atoms with E-state index in [0.717, 1.165) is 116 Å². The number of hydrogen-bond acceptors (Lipinski definition) is 8. The number of rotatable bonds is 58. The molecule has 0 aliphatic rings. The fourth-order valence-corrected chi connectivity index (χ4v) is 8.34. The van der Waals surface area contributed by atoms with Crippen LogP contribution in [0.25, 0.3) is 0 Å². The Morgan fingerprint density at radius 2 is 0.651 bits per heavy atom. The number of unbranched alkanes of at least 4 members (excludes halogenated alkanes) is 17. The summed E-state index contributed by atoms with van der Waals surface area (Å²) in [6, 6.07) is 0. The van der Waals surface area contributed by atoms with Crippen LogP contribution in [0, 0.1) is 0 Å². The second-order valence-corrected chi connectivity index (χ2v) is 22.3. The number of quaternary nitrogens is 1. The molecule has 0 heterocycles. The minimum atomic E-state index is -1.64. The Balaban J connectivity index is 4.20. The Hall–Kier alpha value is -5.09. The van der Waals surface area contributed by atoms with Gasteiger partial charge in [-0.05, 0) is 122 Å². The maximum absolute atomic E-state index is 12.9. The van der Waals surface area contributed by atoms with E-state index in [-0.39, 0.29) is 32.7 Å². The lowest BCUT2D eigenvalue weighted by Crippen LogP contribution is -2.44. The van der Waals surface area contributed by atoms with Crippen LogP contribution in [0.1, 0.15) is 232 Å². The first-order valence-electron chi connectivity index (χ1n) is 32.6. The summed E-state index contributed by atoms with van der Waals surface area (Å²) in [5.41, 5.74) is 0. The zero-order valence-electron chi connectivity index (χ0n) is 53.2. The minimum absolute atomic E-state index is 0.133. The molecule has 468 valence electrons. The average Bonchev–Trinajstić information content (AvgIpc) is 3.46. The molecular formula is C74H119NO8. The number of carbonyl (C=O) groups excluding carboxylic acids is 3. The van der Waals surface area contributed by atoms with Crippen LogP contribution in [-0.2, 0) is 33.3 Å². The summed E-state index contributed by atoms with van der Waals surface area (Å²) in [4.78, 5) is 37.4. The number of allylic oxidation sites excluding steroid dienone is 26. The van der Waals surface area contributed by atoms with Gasteiger partial charge in [-0.25, -0.2) is 0 Å². The zero-order chi connectivity index (χ0) is 60.5. The molecule has 9 nitrogen and oxygen atoms in total. The Labute approximate surface area is 508 Å². The number of ether oxygens (including phenoxy) is 4. The van der Waals surface area contributed by atoms with Crippen molar-refractivity contribution < 1.29 is 42.9 Å². The highest BCUT2D eigenvalue weighted by molar-refractivity contribution is 5.70. The monoisotopic (exact) mass is 1150 g/mol. The lowest BCUT2D eigenvalue weighted by atomic mass is 10.0. The van der Waals surface area contributed by atoms with Gasteiger partial charge in [0.15, 0.2) is 12.4 Å². The summed E-state index contributed by atoms with van der Waals surface area (Å²) in [5, 5.41) is 11.8. The van der Waals surface area contributed by atoms with Crippen LogP contribution in [0.15, 0.2) is 158 Å². The SMILES string of the molecule is CC/C=C\C/C=C\C/C=C\C/C=C\C/C=C\C/C=C\C/C=C\CCCCCCCCCCCCCCCCCC(=O)OC(COC(=O)CCCC/C=C\C/C=C\C/C=C\C/C=C\C/C=C\C/C=C\CC)COC(OCC[N+](C)(C)C)C(=O)[O-]. The highest BCUT2D eigenvalue weighted by atomic mass is 16.7. The molecule has 0 spiro atoms. The van der Waals surface area contributed by atoms with E-state index in [1.807, 2.05) is 21.1 Å². The molecule has 0 rings (SSSR count). The van der Waals surface area contributed by atoms with Crippen molar-refractivity contribution in [3.05, 3.63) is 158 Å². The van der Waals surface area contributed by atoms with E-state index >= 15 is 0 Å². The standard InChI is InChI=1S/C74H119NO8/c1-6-8-10-12-14-16-18-20-22-24-26-28-29-30-31-32-33-34-35-36-37-38-39-40-41-42-43-45-47-49-51-53-55-57-59-61-63-65-72(77)83-70(69-82-74(73(78)79)80-67-66-75(3,4)5)68-81-71(76)64-62-60-58-56-54-52-50-48-46-44-27-25-23-21-19-17-15-13-11-9-7-2/h8-11,14-17,20-23,26-28,30-31,33-34,36-37,44,48,50,54,56,70,74H,6-7,12-13,18-19,24-25,29,32,35,38-43,45-47,49,51-53,55,57-69H2,1-5H3/b10-8-,11-9-,16-14-,17-15-,22-20-,23-21-,28-26-,31-30-,34-33-,37-36-,44-27-,50-48-,56-54-. The molecule has 0 fully saturated rings. The first-order valence-corrected chi connectivity index (χ1v) is 32.6. The largest absolute Gasteiger partial charge is 0.545 e. The summed E-state index contributed by atoms with van der Waals surface area (Å²) >= 11 is 0. The normalized spacial score (nSPS) is 13.8. The highest BCUT2D eigenvalue weighted by Crippen LogP contribution is 2.16. The molecule has 0 saturated heterocycles. The number of esters is 2. The van der Waals surface area contributed by atoms with Gasteiger partial charge >= 0.3 is 11.9 Å². The van der Waals surface area contributed by atoms with Crippen molar-refractivity contribution in [1.29, 1.82) is 0 Å². The third-order valence-electron chi connectivity index (χ3n) is 13.3. The van der Waals surface area contributed by atoms with Crippen molar-refractivity contribution in [3.8, 4) is 0 Å². The predicted molar refractivity (Wildman–Crippen MR) is 352 cm³/mol. The van der Waals surface area contributed by atoms with E-state index in [0.29, 0.717) is 23.9 Å². The van der Waals surface area contributed by atoms with Crippen LogP contribution < -0.4 is 5.11 Å². The molecule has 0 aliphatic carbocycles. The zero-order valence-corrected chi connectivity index (χ0v) is 53.2. The van der Waals surface area contributed by atoms with Gasteiger partial charge in [-0.15, -0.1) is 0 Å². The molecule has 9 heteroatoms. The number of likely N-dealkylation sites (N-methyl/N-ethyl adjacent to an activating group) is 1. The number of aliphatic carboxylic acids is 1. The smallest absolute Gasteiger partial charge is 0.306 e. The molecular weight excluding hydrogens is 1030 g/mol. The highest BCUT2D eigenvalue weighted by Gasteiger charge is 2.22. The molecule has 0 radical (unpaired) electrons. The molecule has 0 saturated carbocycles. The Bertz CT molecular complexity index is 1920. The van der Waals surface area contributed by atoms with Gasteiger partial charge in [0.05, 0.1) is 40.3 Å². The molecule has 0 aromatic rings. The van der Waals surface area contributed by atoms with Crippen LogP contribution in [0.5, 0.6) is 0 Å². The van der Waals surface area contributed by atoms with E-state index < -0.39 is 30.3 Å². The number of carboxylic acids is 1. The van der Waals surface area contributed by atoms with Crippen molar-refractivity contribution >= 4 is 17.9 Å². The Morgan fingerprint density at radius 1 is 0.361 bits per heavy atom. The molecule has 0 aliphatic heterocycles. The Morgan fingerprint density at radius 3 is 0.988 bits per heavy atom. The molecule has 0 N–H and O–H groups in total. The molecule has 2 atom stereocenters. The van der Waals surface area contributed by atoms with E-state index in [2.05, 4.69) is 172 Å². The van der Waals surface area contributed by atoms with Gasteiger partial charge < -0.3 is 33.3 Å². The van der Waals surface area contributed by atoms with Gasteiger partial charge in [0.2, 0.25) is 0 Å². The lowest BCUT2D eigenvalue weighted by Gasteiger charge is -2.26. The fourth-order valence-electron chi connectivity index (χ4n) is 8.34. The molecule has 2 unspecified atom stereocenters. The second kappa shape index (κ2) is 62.9. The van der Waals surface area contributed by atoms with Gasteiger partial charge in [-0.1, -0.05) is 255 Å². The molecule has 0 bridgehead atoms. The van der Waals surface area contributed by atoms with Gasteiger partial charge in [0.1, 0.15) is 13.2 Å². The van der Waals surface area contributed by atoms with E-state index in [4.69, 9.17) is 18.9 Å². The van der Waals surface area contributed by atoms with Crippen LogP contribution in [-0.4, -0.2) is 82.3 Å². The molecule has 0 aromatic heterocycles. The van der Waals surface area contributed by atoms with Crippen molar-refractivity contribution in [3.63, 3.8) is 0 Å². The van der Waals surface area contributed by atoms with Gasteiger partial charge in [0, 0.05) is 12.8 Å². The summed E-state index contributed by atoms with van der Waals surface area (Å²) in [5.74, 6) is -2.35. The van der Waals surface area contributed by atoms with Crippen LogP contribution in [0.4, 0.5) is 0 Å². The van der Waals surface area contributed by atoms with Crippen molar-refractivity contribution in [2.75, 3.05) is 47.5 Å². The van der Waals surface area contributed by atoms with Crippen molar-refractivity contribution in [1.82, 2.24) is 0 Å². The third kappa shape index (κ3) is 64.3. The van der Waals surface area contributed by atoms with Crippen LogP contribution in [0.2, 0.25) is 0 Å². The maximum Gasteiger partial charge on any atom is 0.306 e. The summed E-state index contributed by atoms with van der Waals surface area (Å²) < 4.78 is 22.7. The second-order valence-electron chi connectivity index (χ2n) is 22.3. The minimum Gasteiger partial charge on any atom is -0.545 e. The number of hydrogen-bond donors (Lipinski definition) is 0. The van der Waals surface area contributed by atoms with Gasteiger partial charge in [-0.2, -0.15) is 0 Å². The van der Waals surface area contributed by atoms with Gasteiger partial charge in [-0.3, -0.25) is 9.59 Å². The summed E-state index contributed by atoms with van der Waals surface area (Å²) in [6.45, 7) is 4.45. The quantitative estimate of drug-likeness (QED) is 0.0195. The topological polar surface area (TPSA) is 111 Å². The first kappa shape index (κ1) is 77.9. The number of carboxylic acid groups (broad SMARTS) is 1. The summed E-state index contributed by atoms with van der Waals surface area (Å²) in [7, 11) is 5.90. The number of carbonyl (C=O) groups is 3.